The maximum absolute atomic E-state index is 12.7. The van der Waals surface area contributed by atoms with Crippen LogP contribution in [0.25, 0.3) is 0 Å². The molecule has 108 valence electrons. The summed E-state index contributed by atoms with van der Waals surface area (Å²) in [7, 11) is 0. The lowest BCUT2D eigenvalue weighted by molar-refractivity contribution is -0.118. The van der Waals surface area contributed by atoms with Gasteiger partial charge >= 0.3 is 0 Å². The Bertz CT molecular complexity index is 626. The van der Waals surface area contributed by atoms with Crippen LogP contribution in [-0.4, -0.2) is 12.5 Å². The molecule has 1 aliphatic heterocycles. The minimum atomic E-state index is 0.196. The Morgan fingerprint density at radius 2 is 1.81 bits per heavy atom. The molecule has 3 heteroatoms. The average Bonchev–Trinajstić information content (AvgIpc) is 2.66. The highest BCUT2D eigenvalue weighted by Crippen LogP contribution is 2.45. The van der Waals surface area contributed by atoms with Gasteiger partial charge in [-0.1, -0.05) is 49.4 Å². The number of carbonyl (C=O) groups is 1. The number of rotatable bonds is 3. The van der Waals surface area contributed by atoms with Crippen LogP contribution in [0.15, 0.2) is 59.5 Å². The Hall–Kier alpha value is -1.74. The van der Waals surface area contributed by atoms with Gasteiger partial charge in [0.15, 0.2) is 0 Å². The third kappa shape index (κ3) is 2.98. The van der Waals surface area contributed by atoms with Gasteiger partial charge in [0, 0.05) is 23.1 Å². The van der Waals surface area contributed by atoms with Crippen molar-refractivity contribution >= 4 is 23.4 Å². The van der Waals surface area contributed by atoms with Crippen molar-refractivity contribution in [3.63, 3.8) is 0 Å². The standard InChI is InChI=1S/C18H19NOS/c1-2-12-19-15-10-6-7-11-16(15)21-17(13-18(19)20)14-8-4-3-5-9-14/h3-11,17H,2,12-13H2,1H3/t17-/m0/s1. The highest BCUT2D eigenvalue weighted by Gasteiger charge is 2.28. The number of hydrogen-bond acceptors (Lipinski definition) is 2. The van der Waals surface area contributed by atoms with Gasteiger partial charge in [-0.05, 0) is 24.1 Å². The first kappa shape index (κ1) is 14.2. The van der Waals surface area contributed by atoms with Crippen molar-refractivity contribution in [3.05, 3.63) is 60.2 Å². The van der Waals surface area contributed by atoms with E-state index >= 15 is 0 Å². The molecule has 1 amide bonds. The number of benzene rings is 2. The van der Waals surface area contributed by atoms with Gasteiger partial charge in [-0.3, -0.25) is 4.79 Å². The number of fused-ring (bicyclic) bond motifs is 1. The number of hydrogen-bond donors (Lipinski definition) is 0. The van der Waals surface area contributed by atoms with Crippen LogP contribution in [0.1, 0.15) is 30.6 Å². The van der Waals surface area contributed by atoms with E-state index in [0.717, 1.165) is 18.7 Å². The molecule has 0 fully saturated rings. The number of para-hydroxylation sites is 1. The Balaban J connectivity index is 1.99. The van der Waals surface area contributed by atoms with E-state index in [1.165, 1.54) is 10.5 Å². The highest BCUT2D eigenvalue weighted by atomic mass is 32.2. The van der Waals surface area contributed by atoms with Crippen LogP contribution in [0.4, 0.5) is 5.69 Å². The molecule has 0 spiro atoms. The van der Waals surface area contributed by atoms with Gasteiger partial charge < -0.3 is 4.90 Å². The number of thioether (sulfide) groups is 1. The normalized spacial score (nSPS) is 18.2. The molecule has 2 aromatic carbocycles. The van der Waals surface area contributed by atoms with Gasteiger partial charge in [0.25, 0.3) is 0 Å². The Morgan fingerprint density at radius 1 is 1.10 bits per heavy atom. The summed E-state index contributed by atoms with van der Waals surface area (Å²) >= 11 is 1.80. The number of carbonyl (C=O) groups excluding carboxylic acids is 1. The number of anilines is 1. The molecule has 2 nitrogen and oxygen atoms in total. The summed E-state index contributed by atoms with van der Waals surface area (Å²) in [6.45, 7) is 2.90. The quantitative estimate of drug-likeness (QED) is 0.820. The van der Waals surface area contributed by atoms with Crippen LogP contribution in [-0.2, 0) is 4.79 Å². The van der Waals surface area contributed by atoms with E-state index in [4.69, 9.17) is 0 Å². The monoisotopic (exact) mass is 297 g/mol. The van der Waals surface area contributed by atoms with Crippen molar-refractivity contribution < 1.29 is 4.79 Å². The van der Waals surface area contributed by atoms with E-state index in [9.17, 15) is 4.79 Å². The molecule has 3 rings (SSSR count). The minimum absolute atomic E-state index is 0.196. The third-order valence-corrected chi connectivity index (χ3v) is 5.03. The van der Waals surface area contributed by atoms with E-state index < -0.39 is 0 Å². The van der Waals surface area contributed by atoms with Crippen LogP contribution < -0.4 is 4.90 Å². The van der Waals surface area contributed by atoms with Crippen molar-refractivity contribution in [1.29, 1.82) is 0 Å². The van der Waals surface area contributed by atoms with Gasteiger partial charge in [-0.15, -0.1) is 11.8 Å². The second kappa shape index (κ2) is 6.35. The third-order valence-electron chi connectivity index (χ3n) is 3.70. The van der Waals surface area contributed by atoms with Crippen LogP contribution >= 0.6 is 11.8 Å². The smallest absolute Gasteiger partial charge is 0.228 e. The topological polar surface area (TPSA) is 20.3 Å². The molecule has 0 N–H and O–H groups in total. The lowest BCUT2D eigenvalue weighted by atomic mass is 10.1. The Kier molecular flexibility index (Phi) is 4.30. The molecular weight excluding hydrogens is 278 g/mol. The fourth-order valence-electron chi connectivity index (χ4n) is 2.70. The summed E-state index contributed by atoms with van der Waals surface area (Å²) in [4.78, 5) is 15.8. The molecule has 0 aromatic heterocycles. The molecule has 0 unspecified atom stereocenters. The maximum Gasteiger partial charge on any atom is 0.228 e. The van der Waals surface area contributed by atoms with E-state index in [1.54, 1.807) is 11.8 Å². The van der Waals surface area contributed by atoms with E-state index in [-0.39, 0.29) is 11.2 Å². The second-order valence-corrected chi connectivity index (χ2v) is 6.48. The van der Waals surface area contributed by atoms with Crippen molar-refractivity contribution in [3.8, 4) is 0 Å². The first-order chi connectivity index (χ1) is 10.3. The number of nitrogens with zero attached hydrogens (tertiary/aromatic N) is 1. The van der Waals surface area contributed by atoms with Crippen molar-refractivity contribution in [2.75, 3.05) is 11.4 Å². The lowest BCUT2D eigenvalue weighted by Gasteiger charge is -2.21. The summed E-state index contributed by atoms with van der Waals surface area (Å²) < 4.78 is 0. The molecule has 1 atom stereocenters. The fraction of sp³-hybridized carbons (Fsp3) is 0.278. The van der Waals surface area contributed by atoms with Crippen LogP contribution in [0.5, 0.6) is 0 Å². The van der Waals surface area contributed by atoms with E-state index in [2.05, 4.69) is 31.2 Å². The molecule has 21 heavy (non-hydrogen) atoms. The average molecular weight is 297 g/mol. The highest BCUT2D eigenvalue weighted by molar-refractivity contribution is 7.99. The van der Waals surface area contributed by atoms with E-state index in [0.29, 0.717) is 6.42 Å². The zero-order valence-electron chi connectivity index (χ0n) is 12.2. The summed E-state index contributed by atoms with van der Waals surface area (Å²) in [5, 5.41) is 0.196. The lowest BCUT2D eigenvalue weighted by Crippen LogP contribution is -2.31. The molecule has 0 saturated carbocycles. The largest absolute Gasteiger partial charge is 0.311 e. The van der Waals surface area contributed by atoms with Gasteiger partial charge in [0.1, 0.15) is 0 Å². The first-order valence-electron chi connectivity index (χ1n) is 7.40. The molecule has 0 aliphatic carbocycles. The van der Waals surface area contributed by atoms with Crippen molar-refractivity contribution in [1.82, 2.24) is 0 Å². The first-order valence-corrected chi connectivity index (χ1v) is 8.28. The number of amides is 1. The molecule has 1 aliphatic rings. The summed E-state index contributed by atoms with van der Waals surface area (Å²) in [5.74, 6) is 0.225. The second-order valence-electron chi connectivity index (χ2n) is 5.23. The maximum atomic E-state index is 12.7. The van der Waals surface area contributed by atoms with Gasteiger partial charge in [-0.2, -0.15) is 0 Å². The van der Waals surface area contributed by atoms with Crippen molar-refractivity contribution in [2.24, 2.45) is 0 Å². The van der Waals surface area contributed by atoms with Crippen LogP contribution in [0.2, 0.25) is 0 Å². The van der Waals surface area contributed by atoms with Crippen LogP contribution in [0, 0.1) is 0 Å². The predicted octanol–water partition coefficient (Wildman–Crippen LogP) is 4.67. The van der Waals surface area contributed by atoms with E-state index in [1.807, 2.05) is 35.2 Å². The summed E-state index contributed by atoms with van der Waals surface area (Å²) in [6.07, 6.45) is 1.53. The minimum Gasteiger partial charge on any atom is -0.311 e. The van der Waals surface area contributed by atoms with Gasteiger partial charge in [0.2, 0.25) is 5.91 Å². The Morgan fingerprint density at radius 3 is 2.57 bits per heavy atom. The van der Waals surface area contributed by atoms with Crippen LogP contribution in [0.3, 0.4) is 0 Å². The SMILES string of the molecule is CCCN1C(=O)C[C@@H](c2ccccc2)Sc2ccccc21. The zero-order chi connectivity index (χ0) is 14.7. The van der Waals surface area contributed by atoms with Crippen molar-refractivity contribution in [2.45, 2.75) is 29.9 Å². The fourth-order valence-corrected chi connectivity index (χ4v) is 3.98. The molecule has 0 saturated heterocycles. The molecule has 1 heterocycles. The summed E-state index contributed by atoms with van der Waals surface area (Å²) in [6, 6.07) is 18.6. The molecule has 0 bridgehead atoms. The molecule has 0 radical (unpaired) electrons. The molecular formula is C18H19NOS. The molecule has 2 aromatic rings. The van der Waals surface area contributed by atoms with Gasteiger partial charge in [-0.25, -0.2) is 0 Å². The van der Waals surface area contributed by atoms with Gasteiger partial charge in [0.05, 0.1) is 5.69 Å². The zero-order valence-corrected chi connectivity index (χ0v) is 13.0. The predicted molar refractivity (Wildman–Crippen MR) is 88.7 cm³/mol. The summed E-state index contributed by atoms with van der Waals surface area (Å²) in [5.41, 5.74) is 2.29. The Labute approximate surface area is 130 Å².